The van der Waals surface area contributed by atoms with E-state index in [1.54, 1.807) is 29.5 Å². The molecule has 0 aliphatic carbocycles. The maximum Gasteiger partial charge on any atom is 0.235 e. The van der Waals surface area contributed by atoms with Gasteiger partial charge in [-0.3, -0.25) is 9.48 Å². The molecular weight excluding hydrogens is 300 g/mol. The van der Waals surface area contributed by atoms with Gasteiger partial charge in [0.15, 0.2) is 9.84 Å². The first kappa shape index (κ1) is 14.7. The van der Waals surface area contributed by atoms with Crippen LogP contribution in [0.15, 0.2) is 17.8 Å². The van der Waals surface area contributed by atoms with Crippen LogP contribution in [0.5, 0.6) is 0 Å². The van der Waals surface area contributed by atoms with Crippen LogP contribution in [0.1, 0.15) is 12.6 Å². The topological polar surface area (TPSA) is 108 Å². The Kier molecular flexibility index (Phi) is 3.91. The zero-order chi connectivity index (χ0) is 14.9. The summed E-state index contributed by atoms with van der Waals surface area (Å²) < 4.78 is 25.5. The highest BCUT2D eigenvalue weighted by Gasteiger charge is 2.27. The number of rotatable bonds is 5. The molecule has 0 saturated carbocycles. The number of carbonyl (C=O) groups is 1. The third kappa shape index (κ3) is 3.05. The van der Waals surface area contributed by atoms with Crippen molar-refractivity contribution in [3.63, 3.8) is 0 Å². The molecule has 0 fully saturated rings. The van der Waals surface area contributed by atoms with Gasteiger partial charge in [0.2, 0.25) is 5.91 Å². The smallest absolute Gasteiger partial charge is 0.235 e. The Labute approximate surface area is 120 Å². The minimum Gasteiger partial charge on any atom is -0.369 e. The number of aromatic nitrogens is 3. The predicted octanol–water partition coefficient (Wildman–Crippen LogP) is 0.332. The number of thiazole rings is 1. The normalized spacial score (nSPS) is 13.3. The number of carbonyl (C=O) groups excluding carboxylic acids is 1. The zero-order valence-electron chi connectivity index (χ0n) is 11.0. The fourth-order valence-electron chi connectivity index (χ4n) is 1.55. The van der Waals surface area contributed by atoms with E-state index < -0.39 is 21.0 Å². The largest absolute Gasteiger partial charge is 0.369 e. The van der Waals surface area contributed by atoms with Crippen molar-refractivity contribution >= 4 is 27.1 Å². The molecule has 0 bridgehead atoms. The second-order valence-corrected chi connectivity index (χ2v) is 7.58. The van der Waals surface area contributed by atoms with E-state index in [4.69, 9.17) is 5.73 Å². The van der Waals surface area contributed by atoms with Crippen molar-refractivity contribution in [3.8, 4) is 10.6 Å². The lowest BCUT2D eigenvalue weighted by atomic mass is 10.4. The molecule has 0 aromatic carbocycles. The molecule has 0 aliphatic rings. The highest BCUT2D eigenvalue weighted by molar-refractivity contribution is 7.92. The Morgan fingerprint density at radius 2 is 2.25 bits per heavy atom. The molecular formula is C11H14N4O3S2. The van der Waals surface area contributed by atoms with Crippen LogP contribution in [0.25, 0.3) is 10.6 Å². The molecule has 20 heavy (non-hydrogen) atoms. The van der Waals surface area contributed by atoms with Gasteiger partial charge in [-0.25, -0.2) is 13.4 Å². The molecule has 9 heteroatoms. The van der Waals surface area contributed by atoms with Gasteiger partial charge in [0, 0.05) is 24.2 Å². The minimum absolute atomic E-state index is 0.298. The van der Waals surface area contributed by atoms with Gasteiger partial charge in [-0.05, 0) is 6.92 Å². The molecule has 0 unspecified atom stereocenters. The van der Waals surface area contributed by atoms with Crippen LogP contribution in [0.4, 0.5) is 0 Å². The van der Waals surface area contributed by atoms with Crippen LogP contribution >= 0.6 is 11.3 Å². The van der Waals surface area contributed by atoms with E-state index in [1.165, 1.54) is 18.3 Å². The van der Waals surface area contributed by atoms with E-state index in [2.05, 4.69) is 10.1 Å². The molecule has 2 aromatic rings. The second-order valence-electron chi connectivity index (χ2n) is 4.40. The van der Waals surface area contributed by atoms with Crippen LogP contribution in [0, 0.1) is 0 Å². The highest BCUT2D eigenvalue weighted by Crippen LogP contribution is 2.24. The number of nitrogens with two attached hydrogens (primary N) is 1. The summed E-state index contributed by atoms with van der Waals surface area (Å²) in [6.07, 6.45) is 3.45. The Morgan fingerprint density at radius 1 is 1.55 bits per heavy atom. The zero-order valence-corrected chi connectivity index (χ0v) is 12.6. The summed E-state index contributed by atoms with van der Waals surface area (Å²) in [6, 6.07) is 0. The molecule has 7 nitrogen and oxygen atoms in total. The van der Waals surface area contributed by atoms with E-state index in [-0.39, 0.29) is 5.75 Å². The number of hydrogen-bond acceptors (Lipinski definition) is 6. The molecule has 0 radical (unpaired) electrons. The minimum atomic E-state index is -3.63. The second kappa shape index (κ2) is 5.33. The number of hydrogen-bond donors (Lipinski definition) is 1. The molecule has 108 valence electrons. The number of aryl methyl sites for hydroxylation is 1. The average Bonchev–Trinajstić information content (AvgIpc) is 2.96. The summed E-state index contributed by atoms with van der Waals surface area (Å²) in [5, 5.41) is 5.17. The van der Waals surface area contributed by atoms with Crippen molar-refractivity contribution < 1.29 is 13.2 Å². The summed E-state index contributed by atoms with van der Waals surface area (Å²) in [5.74, 6) is -1.15. The Balaban J connectivity index is 2.20. The maximum absolute atomic E-state index is 11.9. The number of primary amides is 1. The van der Waals surface area contributed by atoms with Gasteiger partial charge in [0.05, 0.1) is 17.6 Å². The maximum atomic E-state index is 11.9. The molecule has 0 spiro atoms. The van der Waals surface area contributed by atoms with Gasteiger partial charge >= 0.3 is 0 Å². The molecule has 2 rings (SSSR count). The average molecular weight is 314 g/mol. The monoisotopic (exact) mass is 314 g/mol. The van der Waals surface area contributed by atoms with Crippen molar-refractivity contribution in [1.82, 2.24) is 14.8 Å². The van der Waals surface area contributed by atoms with Crippen molar-refractivity contribution in [1.29, 1.82) is 0 Å². The van der Waals surface area contributed by atoms with Crippen LogP contribution < -0.4 is 5.73 Å². The lowest BCUT2D eigenvalue weighted by Crippen LogP contribution is -2.34. The van der Waals surface area contributed by atoms with Crippen LogP contribution in [0.3, 0.4) is 0 Å². The first-order valence-electron chi connectivity index (χ1n) is 5.74. The number of sulfone groups is 1. The van der Waals surface area contributed by atoms with Crippen molar-refractivity contribution in [2.75, 3.05) is 0 Å². The van der Waals surface area contributed by atoms with Crippen LogP contribution in [-0.4, -0.2) is 34.3 Å². The van der Waals surface area contributed by atoms with E-state index in [1.807, 2.05) is 0 Å². The molecule has 0 saturated heterocycles. The number of amides is 1. The van der Waals surface area contributed by atoms with Gasteiger partial charge < -0.3 is 5.73 Å². The lowest BCUT2D eigenvalue weighted by molar-refractivity contribution is -0.117. The van der Waals surface area contributed by atoms with Crippen molar-refractivity contribution in [3.05, 3.63) is 23.5 Å². The fourth-order valence-corrected chi connectivity index (χ4v) is 3.61. The molecule has 2 N–H and O–H groups in total. The molecule has 2 aromatic heterocycles. The summed E-state index contributed by atoms with van der Waals surface area (Å²) >= 11 is 1.33. The van der Waals surface area contributed by atoms with E-state index >= 15 is 0 Å². The summed E-state index contributed by atoms with van der Waals surface area (Å²) in [7, 11) is -1.84. The van der Waals surface area contributed by atoms with Crippen LogP contribution in [0.2, 0.25) is 0 Å². The summed E-state index contributed by atoms with van der Waals surface area (Å²) in [6.45, 7) is 1.28. The van der Waals surface area contributed by atoms with Crippen molar-refractivity contribution in [2.45, 2.75) is 17.9 Å². The first-order chi connectivity index (χ1) is 9.29. The Hall–Kier alpha value is -1.74. The van der Waals surface area contributed by atoms with Gasteiger partial charge in [0.25, 0.3) is 0 Å². The van der Waals surface area contributed by atoms with E-state index in [0.29, 0.717) is 10.7 Å². The van der Waals surface area contributed by atoms with E-state index in [9.17, 15) is 13.2 Å². The van der Waals surface area contributed by atoms with Gasteiger partial charge in [0.1, 0.15) is 10.3 Å². The summed E-state index contributed by atoms with van der Waals surface area (Å²) in [4.78, 5) is 15.2. The molecule has 0 aliphatic heterocycles. The quantitative estimate of drug-likeness (QED) is 0.855. The molecule has 2 heterocycles. The third-order valence-electron chi connectivity index (χ3n) is 2.79. The molecule has 1 atom stereocenters. The molecule has 1 amide bonds. The third-order valence-corrected chi connectivity index (χ3v) is 5.74. The van der Waals surface area contributed by atoms with E-state index in [0.717, 1.165) is 5.56 Å². The van der Waals surface area contributed by atoms with Gasteiger partial charge in [-0.2, -0.15) is 5.10 Å². The Bertz CT molecular complexity index is 732. The number of nitrogens with zero attached hydrogens (tertiary/aromatic N) is 3. The summed E-state index contributed by atoms with van der Waals surface area (Å²) in [5.41, 5.74) is 6.26. The van der Waals surface area contributed by atoms with Crippen molar-refractivity contribution in [2.24, 2.45) is 12.8 Å². The predicted molar refractivity (Wildman–Crippen MR) is 75.6 cm³/mol. The van der Waals surface area contributed by atoms with Crippen LogP contribution in [-0.2, 0) is 27.4 Å². The fraction of sp³-hybridized carbons (Fsp3) is 0.364. The lowest BCUT2D eigenvalue weighted by Gasteiger charge is -2.07. The Morgan fingerprint density at radius 3 is 2.80 bits per heavy atom. The first-order valence-corrected chi connectivity index (χ1v) is 8.33. The highest BCUT2D eigenvalue weighted by atomic mass is 32.2. The van der Waals surface area contributed by atoms with Gasteiger partial charge in [-0.15, -0.1) is 11.3 Å². The van der Waals surface area contributed by atoms with Gasteiger partial charge in [-0.1, -0.05) is 0 Å². The SMILES string of the molecule is C[C@H](C(N)=O)S(=O)(=O)Cc1csc(-c2cnn(C)c2)n1. The standard InChI is InChI=1S/C11H14N4O3S2/c1-7(10(12)16)20(17,18)6-9-5-19-11(14-9)8-3-13-15(2)4-8/h3-5,7H,6H2,1-2H3,(H2,12,16)/t7-/m1/s1.